The molecule has 164 valence electrons. The lowest BCUT2D eigenvalue weighted by molar-refractivity contribution is -0.366. The summed E-state index contributed by atoms with van der Waals surface area (Å²) in [7, 11) is 0. The fraction of sp³-hybridized carbons (Fsp3) is 0.684. The highest BCUT2D eigenvalue weighted by molar-refractivity contribution is 5.13. The zero-order chi connectivity index (χ0) is 21.1. The first-order valence-corrected chi connectivity index (χ1v) is 9.46. The van der Waals surface area contributed by atoms with Gasteiger partial charge in [0.25, 0.3) is 0 Å². The van der Waals surface area contributed by atoms with Gasteiger partial charge >= 0.3 is 0 Å². The molecule has 10 nitrogen and oxygen atoms in total. The van der Waals surface area contributed by atoms with Crippen molar-refractivity contribution in [3.63, 3.8) is 0 Å². The van der Waals surface area contributed by atoms with E-state index >= 15 is 0 Å². The normalized spacial score (nSPS) is 43.3. The van der Waals surface area contributed by atoms with Crippen LogP contribution in [-0.2, 0) is 25.6 Å². The third kappa shape index (κ3) is 4.94. The molecule has 10 unspecified atom stereocenters. The summed E-state index contributed by atoms with van der Waals surface area (Å²) < 4.78 is 22.3. The molecule has 0 radical (unpaired) electrons. The predicted molar refractivity (Wildman–Crippen MR) is 96.2 cm³/mol. The topological polar surface area (TPSA) is 158 Å². The van der Waals surface area contributed by atoms with Crippen LogP contribution in [0.25, 0.3) is 0 Å². The molecule has 2 fully saturated rings. The quantitative estimate of drug-likeness (QED) is 0.302. The molecule has 6 N–H and O–H groups in total. The highest BCUT2D eigenvalue weighted by atomic mass is 16.8. The second kappa shape index (κ2) is 9.75. The van der Waals surface area contributed by atoms with E-state index < -0.39 is 68.0 Å². The highest BCUT2D eigenvalue weighted by Crippen LogP contribution is 2.30. The molecular weight excluding hydrogens is 388 g/mol. The molecule has 2 aliphatic heterocycles. The minimum atomic E-state index is -1.60. The van der Waals surface area contributed by atoms with Crippen molar-refractivity contribution >= 4 is 0 Å². The molecule has 2 heterocycles. The molecule has 0 aromatic heterocycles. The van der Waals surface area contributed by atoms with Crippen molar-refractivity contribution in [2.45, 2.75) is 74.9 Å². The van der Waals surface area contributed by atoms with Crippen molar-refractivity contribution in [1.82, 2.24) is 0 Å². The Morgan fingerprint density at radius 1 is 0.828 bits per heavy atom. The molecule has 0 aliphatic carbocycles. The van der Waals surface area contributed by atoms with Gasteiger partial charge in [0.1, 0.15) is 42.7 Å². The van der Waals surface area contributed by atoms with Crippen LogP contribution < -0.4 is 0 Å². The minimum absolute atomic E-state index is 0.0954. The van der Waals surface area contributed by atoms with Crippen LogP contribution >= 0.6 is 0 Å². The van der Waals surface area contributed by atoms with E-state index in [4.69, 9.17) is 18.9 Å². The van der Waals surface area contributed by atoms with Crippen LogP contribution in [0, 0.1) is 0 Å². The highest BCUT2D eigenvalue weighted by Gasteiger charge is 2.50. The third-order valence-corrected chi connectivity index (χ3v) is 5.18. The molecule has 2 saturated heterocycles. The van der Waals surface area contributed by atoms with Crippen molar-refractivity contribution in [2.24, 2.45) is 0 Å². The molecule has 2 aliphatic rings. The smallest absolute Gasteiger partial charge is 0.187 e. The predicted octanol–water partition coefficient (Wildman–Crippen LogP) is -2.15. The van der Waals surface area contributed by atoms with Crippen LogP contribution in [0.4, 0.5) is 0 Å². The molecule has 0 saturated carbocycles. The van der Waals surface area contributed by atoms with Crippen molar-refractivity contribution in [3.05, 3.63) is 35.9 Å². The first-order valence-electron chi connectivity index (χ1n) is 9.46. The average molecular weight is 416 g/mol. The van der Waals surface area contributed by atoms with Crippen molar-refractivity contribution in [3.8, 4) is 0 Å². The fourth-order valence-corrected chi connectivity index (χ4v) is 3.37. The van der Waals surface area contributed by atoms with Gasteiger partial charge in [-0.25, -0.2) is 0 Å². The molecule has 10 atom stereocenters. The fourth-order valence-electron chi connectivity index (χ4n) is 3.37. The Kier molecular flexibility index (Phi) is 7.57. The van der Waals surface area contributed by atoms with Gasteiger partial charge in [0, 0.05) is 0 Å². The Morgan fingerprint density at radius 3 is 2.17 bits per heavy atom. The zero-order valence-corrected chi connectivity index (χ0v) is 15.9. The summed E-state index contributed by atoms with van der Waals surface area (Å²) in [5, 5.41) is 60.1. The summed E-state index contributed by atoms with van der Waals surface area (Å²) >= 11 is 0. The first kappa shape index (κ1) is 22.5. The number of benzene rings is 1. The Hall–Kier alpha value is -1.18. The summed E-state index contributed by atoms with van der Waals surface area (Å²) in [5.41, 5.74) is 0.817. The van der Waals surface area contributed by atoms with E-state index in [0.29, 0.717) is 0 Å². The van der Waals surface area contributed by atoms with E-state index in [1.807, 2.05) is 30.3 Å². The number of hydrogen-bond donors (Lipinski definition) is 6. The molecular formula is C19H28O10. The average Bonchev–Trinajstić information content (AvgIpc) is 2.73. The molecule has 10 heteroatoms. The first-order chi connectivity index (χ1) is 13.8. The monoisotopic (exact) mass is 416 g/mol. The third-order valence-electron chi connectivity index (χ3n) is 5.18. The molecule has 3 rings (SSSR count). The van der Waals surface area contributed by atoms with E-state index in [0.717, 1.165) is 5.56 Å². The van der Waals surface area contributed by atoms with Crippen molar-refractivity contribution in [1.29, 1.82) is 0 Å². The van der Waals surface area contributed by atoms with Crippen LogP contribution in [-0.4, -0.2) is 98.7 Å². The van der Waals surface area contributed by atoms with Gasteiger partial charge in [-0.2, -0.15) is 0 Å². The molecule has 0 amide bonds. The Balaban J connectivity index is 1.74. The standard InChI is InChI=1S/C19H28O10/c1-9-12(21)14(23)16(25)18(27-9)29-17-15(24)13(22)11(7-20)28-19(17)26-8-10-5-3-2-4-6-10/h2-6,9,11-25H,7-8H2,1H3. The number of rotatable bonds is 6. The number of ether oxygens (including phenoxy) is 4. The van der Waals surface area contributed by atoms with Gasteiger partial charge in [-0.05, 0) is 12.5 Å². The van der Waals surface area contributed by atoms with Gasteiger partial charge in [-0.15, -0.1) is 0 Å². The van der Waals surface area contributed by atoms with E-state index in [-0.39, 0.29) is 6.61 Å². The SMILES string of the molecule is CC1OC(OC2C(OCc3ccccc3)OC(CO)C(O)C2O)C(O)C(O)C1O. The lowest BCUT2D eigenvalue weighted by Gasteiger charge is -2.45. The maximum absolute atomic E-state index is 10.5. The van der Waals surface area contributed by atoms with Crippen molar-refractivity contribution in [2.75, 3.05) is 6.61 Å². The van der Waals surface area contributed by atoms with Crippen LogP contribution in [0.5, 0.6) is 0 Å². The lowest BCUT2D eigenvalue weighted by Crippen LogP contribution is -2.64. The Bertz CT molecular complexity index is 631. The van der Waals surface area contributed by atoms with Gasteiger partial charge in [0.15, 0.2) is 12.6 Å². The second-order valence-electron chi connectivity index (χ2n) is 7.29. The van der Waals surface area contributed by atoms with Gasteiger partial charge in [0.2, 0.25) is 0 Å². The Labute approximate surface area is 167 Å². The molecule has 29 heavy (non-hydrogen) atoms. The summed E-state index contributed by atoms with van der Waals surface area (Å²) in [6.45, 7) is 1.03. The summed E-state index contributed by atoms with van der Waals surface area (Å²) in [5.74, 6) is 0. The number of aliphatic hydroxyl groups excluding tert-OH is 6. The number of hydrogen-bond acceptors (Lipinski definition) is 10. The van der Waals surface area contributed by atoms with Gasteiger partial charge in [-0.3, -0.25) is 0 Å². The summed E-state index contributed by atoms with van der Waals surface area (Å²) in [4.78, 5) is 0. The van der Waals surface area contributed by atoms with Gasteiger partial charge in [0.05, 0.1) is 19.3 Å². The molecule has 0 bridgehead atoms. The minimum Gasteiger partial charge on any atom is -0.394 e. The molecule has 0 spiro atoms. The summed E-state index contributed by atoms with van der Waals surface area (Å²) in [6.07, 6.45) is -13.3. The van der Waals surface area contributed by atoms with E-state index in [1.54, 1.807) is 0 Å². The summed E-state index contributed by atoms with van der Waals surface area (Å²) in [6, 6.07) is 9.13. The molecule has 1 aromatic carbocycles. The van der Waals surface area contributed by atoms with Gasteiger partial charge < -0.3 is 49.6 Å². The maximum atomic E-state index is 10.5. The van der Waals surface area contributed by atoms with Crippen LogP contribution in [0.1, 0.15) is 12.5 Å². The van der Waals surface area contributed by atoms with E-state index in [1.165, 1.54) is 6.92 Å². The van der Waals surface area contributed by atoms with Crippen LogP contribution in [0.3, 0.4) is 0 Å². The van der Waals surface area contributed by atoms with E-state index in [2.05, 4.69) is 0 Å². The van der Waals surface area contributed by atoms with E-state index in [9.17, 15) is 30.6 Å². The zero-order valence-electron chi connectivity index (χ0n) is 15.9. The molecule has 1 aromatic rings. The number of aliphatic hydroxyl groups is 6. The second-order valence-corrected chi connectivity index (χ2v) is 7.29. The maximum Gasteiger partial charge on any atom is 0.187 e. The largest absolute Gasteiger partial charge is 0.394 e. The van der Waals surface area contributed by atoms with Gasteiger partial charge in [-0.1, -0.05) is 30.3 Å². The van der Waals surface area contributed by atoms with Crippen LogP contribution in [0.2, 0.25) is 0 Å². The van der Waals surface area contributed by atoms with Crippen molar-refractivity contribution < 1.29 is 49.6 Å². The Morgan fingerprint density at radius 2 is 1.52 bits per heavy atom. The van der Waals surface area contributed by atoms with Crippen LogP contribution in [0.15, 0.2) is 30.3 Å². The lowest BCUT2D eigenvalue weighted by atomic mass is 9.97.